The van der Waals surface area contributed by atoms with Crippen LogP contribution in [0, 0.1) is 17.2 Å². The molecule has 1 amide bonds. The minimum atomic E-state index is -0.170. The molecule has 0 aliphatic carbocycles. The molecule has 4 heteroatoms. The lowest BCUT2D eigenvalue weighted by Gasteiger charge is -2.30. The third-order valence-electron chi connectivity index (χ3n) is 2.92. The minimum absolute atomic E-state index is 0.0368. The van der Waals surface area contributed by atoms with Gasteiger partial charge < -0.3 is 10.6 Å². The van der Waals surface area contributed by atoms with Crippen molar-refractivity contribution in [3.05, 3.63) is 0 Å². The molecule has 0 bridgehead atoms. The lowest BCUT2D eigenvalue weighted by Crippen LogP contribution is -2.41. The molecular weight excluding hydrogens is 190 g/mol. The van der Waals surface area contributed by atoms with Gasteiger partial charge in [0.05, 0.1) is 12.0 Å². The molecule has 15 heavy (non-hydrogen) atoms. The summed E-state index contributed by atoms with van der Waals surface area (Å²) in [7, 11) is 0. The summed E-state index contributed by atoms with van der Waals surface area (Å²) in [5.74, 6) is -0.133. The Labute approximate surface area is 91.0 Å². The molecule has 2 N–H and O–H groups in total. The molecule has 1 rings (SSSR count). The van der Waals surface area contributed by atoms with Gasteiger partial charge in [0.2, 0.25) is 5.91 Å². The summed E-state index contributed by atoms with van der Waals surface area (Å²) in [5.41, 5.74) is 5.30. The van der Waals surface area contributed by atoms with Gasteiger partial charge >= 0.3 is 0 Å². The smallest absolute Gasteiger partial charge is 0.221 e. The maximum absolute atomic E-state index is 11.0. The maximum Gasteiger partial charge on any atom is 0.221 e. The number of nitrogens with zero attached hydrogens (tertiary/aromatic N) is 2. The molecular formula is C11H19N3O. The quantitative estimate of drug-likeness (QED) is 0.683. The van der Waals surface area contributed by atoms with Crippen LogP contribution in [0.25, 0.3) is 0 Å². The van der Waals surface area contributed by atoms with Gasteiger partial charge in [0.1, 0.15) is 0 Å². The van der Waals surface area contributed by atoms with E-state index in [0.717, 1.165) is 45.3 Å². The van der Waals surface area contributed by atoms with Crippen molar-refractivity contribution >= 4 is 5.91 Å². The maximum atomic E-state index is 11.0. The molecule has 0 aromatic rings. The summed E-state index contributed by atoms with van der Waals surface area (Å²) >= 11 is 0. The van der Waals surface area contributed by atoms with Crippen molar-refractivity contribution in [2.24, 2.45) is 11.7 Å². The molecule has 1 aliphatic heterocycles. The fraction of sp³-hybridized carbons (Fsp3) is 0.818. The van der Waals surface area contributed by atoms with E-state index in [9.17, 15) is 4.79 Å². The first-order valence-electron chi connectivity index (χ1n) is 5.62. The summed E-state index contributed by atoms with van der Waals surface area (Å²) < 4.78 is 0. The van der Waals surface area contributed by atoms with Gasteiger partial charge in [-0.3, -0.25) is 4.79 Å². The fourth-order valence-electron chi connectivity index (χ4n) is 2.03. The number of carbonyl (C=O) groups is 1. The van der Waals surface area contributed by atoms with Crippen LogP contribution in [0.2, 0.25) is 0 Å². The number of piperidine rings is 1. The molecule has 0 saturated carbocycles. The number of hydrogen-bond donors (Lipinski definition) is 1. The largest absolute Gasteiger partial charge is 0.369 e. The zero-order valence-corrected chi connectivity index (χ0v) is 9.11. The first-order valence-corrected chi connectivity index (χ1v) is 5.62. The predicted octanol–water partition coefficient (Wildman–Crippen LogP) is 0.878. The van der Waals surface area contributed by atoms with Crippen molar-refractivity contribution in [1.82, 2.24) is 4.90 Å². The second-order valence-corrected chi connectivity index (χ2v) is 4.16. The van der Waals surface area contributed by atoms with Gasteiger partial charge in [-0.25, -0.2) is 0 Å². The predicted molar refractivity (Wildman–Crippen MR) is 57.8 cm³/mol. The zero-order valence-electron chi connectivity index (χ0n) is 9.11. The Morgan fingerprint density at radius 3 is 3.00 bits per heavy atom. The van der Waals surface area contributed by atoms with E-state index in [-0.39, 0.29) is 11.8 Å². The Hall–Kier alpha value is -1.08. The molecule has 1 unspecified atom stereocenters. The van der Waals surface area contributed by atoms with Crippen LogP contribution in [-0.4, -0.2) is 30.4 Å². The number of likely N-dealkylation sites (tertiary alicyclic amines) is 1. The SMILES string of the molecule is N#CCCCCN1CCCC(C(N)=O)C1. The lowest BCUT2D eigenvalue weighted by atomic mass is 9.97. The first-order chi connectivity index (χ1) is 7.24. The minimum Gasteiger partial charge on any atom is -0.369 e. The fourth-order valence-corrected chi connectivity index (χ4v) is 2.03. The summed E-state index contributed by atoms with van der Waals surface area (Å²) in [6.45, 7) is 2.86. The third-order valence-corrected chi connectivity index (χ3v) is 2.92. The number of primary amides is 1. The molecule has 84 valence electrons. The van der Waals surface area contributed by atoms with Crippen molar-refractivity contribution in [3.8, 4) is 6.07 Å². The second-order valence-electron chi connectivity index (χ2n) is 4.16. The Morgan fingerprint density at radius 2 is 2.33 bits per heavy atom. The first kappa shape index (κ1) is 12.0. The Kier molecular flexibility index (Phi) is 5.13. The highest BCUT2D eigenvalue weighted by Gasteiger charge is 2.23. The van der Waals surface area contributed by atoms with Crippen LogP contribution in [0.1, 0.15) is 32.1 Å². The standard InChI is InChI=1S/C11H19N3O/c12-6-2-1-3-7-14-8-4-5-10(9-14)11(13)15/h10H,1-5,7-9H2,(H2,13,15). The Balaban J connectivity index is 2.19. The van der Waals surface area contributed by atoms with Gasteiger partial charge in [-0.1, -0.05) is 0 Å². The Bertz CT molecular complexity index is 247. The van der Waals surface area contributed by atoms with E-state index in [0.29, 0.717) is 6.42 Å². The molecule has 0 aromatic heterocycles. The number of nitrogens with two attached hydrogens (primary N) is 1. The van der Waals surface area contributed by atoms with Crippen LogP contribution in [0.5, 0.6) is 0 Å². The Morgan fingerprint density at radius 1 is 1.53 bits per heavy atom. The molecule has 0 spiro atoms. The van der Waals surface area contributed by atoms with Crippen LogP contribution in [0.4, 0.5) is 0 Å². The average molecular weight is 209 g/mol. The molecule has 4 nitrogen and oxygen atoms in total. The van der Waals surface area contributed by atoms with Gasteiger partial charge in [0.15, 0.2) is 0 Å². The molecule has 1 atom stereocenters. The molecule has 0 radical (unpaired) electrons. The highest BCUT2D eigenvalue weighted by Crippen LogP contribution is 2.16. The second kappa shape index (κ2) is 6.41. The molecule has 1 fully saturated rings. The third kappa shape index (κ3) is 4.30. The van der Waals surface area contributed by atoms with Crippen molar-refractivity contribution in [3.63, 3.8) is 0 Å². The number of amides is 1. The van der Waals surface area contributed by atoms with E-state index in [1.165, 1.54) is 0 Å². The molecule has 1 saturated heterocycles. The van der Waals surface area contributed by atoms with E-state index in [4.69, 9.17) is 11.0 Å². The normalized spacial score (nSPS) is 22.2. The van der Waals surface area contributed by atoms with Crippen molar-refractivity contribution in [1.29, 1.82) is 5.26 Å². The van der Waals surface area contributed by atoms with Gasteiger partial charge in [0.25, 0.3) is 0 Å². The molecule has 0 aromatic carbocycles. The highest BCUT2D eigenvalue weighted by molar-refractivity contribution is 5.76. The van der Waals surface area contributed by atoms with E-state index in [1.54, 1.807) is 0 Å². The monoisotopic (exact) mass is 209 g/mol. The van der Waals surface area contributed by atoms with Crippen molar-refractivity contribution in [2.45, 2.75) is 32.1 Å². The summed E-state index contributed by atoms with van der Waals surface area (Å²) in [5, 5.41) is 8.39. The number of hydrogen-bond acceptors (Lipinski definition) is 3. The van der Waals surface area contributed by atoms with Crippen LogP contribution in [0.3, 0.4) is 0 Å². The van der Waals surface area contributed by atoms with Gasteiger partial charge in [-0.15, -0.1) is 0 Å². The van der Waals surface area contributed by atoms with Crippen LogP contribution in [0.15, 0.2) is 0 Å². The van der Waals surface area contributed by atoms with E-state index in [2.05, 4.69) is 11.0 Å². The van der Waals surface area contributed by atoms with E-state index < -0.39 is 0 Å². The average Bonchev–Trinajstić information content (AvgIpc) is 2.25. The van der Waals surface area contributed by atoms with Crippen LogP contribution >= 0.6 is 0 Å². The van der Waals surface area contributed by atoms with Gasteiger partial charge in [-0.05, 0) is 38.8 Å². The van der Waals surface area contributed by atoms with Gasteiger partial charge in [0, 0.05) is 13.0 Å². The van der Waals surface area contributed by atoms with Crippen molar-refractivity contribution in [2.75, 3.05) is 19.6 Å². The van der Waals surface area contributed by atoms with E-state index in [1.807, 2.05) is 0 Å². The number of carbonyl (C=O) groups excluding carboxylic acids is 1. The summed E-state index contributed by atoms with van der Waals surface area (Å²) in [6, 6.07) is 2.14. The zero-order chi connectivity index (χ0) is 11.1. The molecule has 1 heterocycles. The van der Waals surface area contributed by atoms with Crippen LogP contribution < -0.4 is 5.73 Å². The molecule has 1 aliphatic rings. The lowest BCUT2D eigenvalue weighted by molar-refractivity contribution is -0.123. The van der Waals surface area contributed by atoms with E-state index >= 15 is 0 Å². The topological polar surface area (TPSA) is 70.1 Å². The van der Waals surface area contributed by atoms with Crippen molar-refractivity contribution < 1.29 is 4.79 Å². The number of rotatable bonds is 5. The van der Waals surface area contributed by atoms with Crippen LogP contribution in [-0.2, 0) is 4.79 Å². The highest BCUT2D eigenvalue weighted by atomic mass is 16.1. The summed E-state index contributed by atoms with van der Waals surface area (Å²) in [4.78, 5) is 13.3. The number of nitriles is 1. The summed E-state index contributed by atoms with van der Waals surface area (Å²) in [6.07, 6.45) is 4.62. The number of unbranched alkanes of at least 4 members (excludes halogenated alkanes) is 2. The van der Waals surface area contributed by atoms with Gasteiger partial charge in [-0.2, -0.15) is 5.26 Å².